The number of halogens is 1. The first-order chi connectivity index (χ1) is 10.3. The molecule has 0 aliphatic carbocycles. The number of nitrogens with zero attached hydrogens (tertiary/aromatic N) is 1. The number of carbonyl (C=O) groups excluding carboxylic acids is 2. The third-order valence-electron chi connectivity index (χ3n) is 4.04. The number of benzene rings is 1. The van der Waals surface area contributed by atoms with Gasteiger partial charge in [-0.05, 0) is 40.9 Å². The molecular weight excluding hydrogens is 374 g/mol. The van der Waals surface area contributed by atoms with Crippen molar-refractivity contribution in [1.82, 2.24) is 14.9 Å². The Bertz CT molecular complexity index is 741. The van der Waals surface area contributed by atoms with E-state index in [1.165, 1.54) is 10.4 Å². The summed E-state index contributed by atoms with van der Waals surface area (Å²) in [5.41, 5.74) is -0.975. The summed E-state index contributed by atoms with van der Waals surface area (Å²) in [6, 6.07) is 6.09. The van der Waals surface area contributed by atoms with Crippen molar-refractivity contribution in [3.05, 3.63) is 28.7 Å². The summed E-state index contributed by atoms with van der Waals surface area (Å²) < 4.78 is 27.2. The van der Waals surface area contributed by atoms with E-state index >= 15 is 0 Å². The van der Waals surface area contributed by atoms with Crippen LogP contribution in [0.5, 0.6) is 0 Å². The van der Waals surface area contributed by atoms with E-state index in [0.29, 0.717) is 4.47 Å². The van der Waals surface area contributed by atoms with Gasteiger partial charge in [0.05, 0.1) is 4.90 Å². The molecule has 0 bridgehead atoms. The lowest BCUT2D eigenvalue weighted by atomic mass is 9.89. The molecule has 0 saturated carbocycles. The van der Waals surface area contributed by atoms with Gasteiger partial charge in [0.15, 0.2) is 0 Å². The third kappa shape index (κ3) is 2.42. The number of amides is 3. The van der Waals surface area contributed by atoms with Gasteiger partial charge in [-0.25, -0.2) is 13.2 Å². The van der Waals surface area contributed by atoms with Crippen LogP contribution in [0.4, 0.5) is 4.79 Å². The van der Waals surface area contributed by atoms with E-state index in [0.717, 1.165) is 0 Å². The number of piperidine rings is 1. The maximum absolute atomic E-state index is 12.7. The molecule has 2 fully saturated rings. The van der Waals surface area contributed by atoms with Gasteiger partial charge < -0.3 is 5.32 Å². The summed E-state index contributed by atoms with van der Waals surface area (Å²) >= 11 is 3.25. The van der Waals surface area contributed by atoms with Gasteiger partial charge in [-0.3, -0.25) is 10.1 Å². The van der Waals surface area contributed by atoms with Crippen molar-refractivity contribution in [2.45, 2.75) is 23.3 Å². The Hall–Kier alpha value is -1.45. The van der Waals surface area contributed by atoms with Crippen molar-refractivity contribution in [3.63, 3.8) is 0 Å². The molecule has 2 saturated heterocycles. The fourth-order valence-electron chi connectivity index (χ4n) is 2.78. The minimum atomic E-state index is -3.63. The lowest BCUT2D eigenvalue weighted by Gasteiger charge is -2.36. The molecule has 7 nitrogen and oxygen atoms in total. The lowest BCUT2D eigenvalue weighted by Crippen LogP contribution is -2.55. The van der Waals surface area contributed by atoms with Gasteiger partial charge in [0, 0.05) is 17.6 Å². The molecule has 2 N–H and O–H groups in total. The predicted molar refractivity (Wildman–Crippen MR) is 81.5 cm³/mol. The van der Waals surface area contributed by atoms with Gasteiger partial charge in [0.25, 0.3) is 5.91 Å². The van der Waals surface area contributed by atoms with Crippen molar-refractivity contribution < 1.29 is 18.0 Å². The zero-order chi connectivity index (χ0) is 16.0. The Morgan fingerprint density at radius 3 is 2.32 bits per heavy atom. The maximum Gasteiger partial charge on any atom is 0.322 e. The van der Waals surface area contributed by atoms with Gasteiger partial charge >= 0.3 is 6.03 Å². The molecular formula is C13H14BrN3O4S. The van der Waals surface area contributed by atoms with Crippen LogP contribution < -0.4 is 10.6 Å². The maximum atomic E-state index is 12.7. The van der Waals surface area contributed by atoms with Crippen LogP contribution in [0, 0.1) is 0 Å². The second kappa shape index (κ2) is 5.32. The van der Waals surface area contributed by atoms with Gasteiger partial charge in [0.2, 0.25) is 10.0 Å². The highest BCUT2D eigenvalue weighted by Gasteiger charge is 2.49. The molecule has 3 rings (SSSR count). The minimum Gasteiger partial charge on any atom is -0.323 e. The smallest absolute Gasteiger partial charge is 0.322 e. The van der Waals surface area contributed by atoms with E-state index in [2.05, 4.69) is 26.6 Å². The summed E-state index contributed by atoms with van der Waals surface area (Å²) in [4.78, 5) is 23.4. The number of hydrogen-bond acceptors (Lipinski definition) is 4. The van der Waals surface area contributed by atoms with Crippen LogP contribution in [-0.2, 0) is 14.8 Å². The van der Waals surface area contributed by atoms with Crippen LogP contribution in [0.15, 0.2) is 33.6 Å². The highest BCUT2D eigenvalue weighted by molar-refractivity contribution is 9.10. The molecule has 2 heterocycles. The van der Waals surface area contributed by atoms with Crippen molar-refractivity contribution in [3.8, 4) is 0 Å². The van der Waals surface area contributed by atoms with Crippen LogP contribution in [0.3, 0.4) is 0 Å². The number of sulfonamides is 1. The lowest BCUT2D eigenvalue weighted by molar-refractivity contribution is -0.125. The molecule has 0 radical (unpaired) electrons. The average molecular weight is 388 g/mol. The van der Waals surface area contributed by atoms with E-state index in [4.69, 9.17) is 0 Å². The van der Waals surface area contributed by atoms with Crippen molar-refractivity contribution in [2.75, 3.05) is 13.1 Å². The topological polar surface area (TPSA) is 95.6 Å². The summed E-state index contributed by atoms with van der Waals surface area (Å²) in [6.07, 6.45) is 0.516. The van der Waals surface area contributed by atoms with E-state index in [-0.39, 0.29) is 36.7 Å². The van der Waals surface area contributed by atoms with E-state index in [1.807, 2.05) is 0 Å². The molecule has 9 heteroatoms. The minimum absolute atomic E-state index is 0.178. The SMILES string of the molecule is O=C1NC(=O)C2(CCN(S(=O)(=O)c3ccccc3Br)CC2)N1. The monoisotopic (exact) mass is 387 g/mol. The molecule has 118 valence electrons. The number of hydrogen-bond donors (Lipinski definition) is 2. The number of rotatable bonds is 2. The molecule has 2 aliphatic heterocycles. The van der Waals surface area contributed by atoms with Crippen LogP contribution in [0.25, 0.3) is 0 Å². The van der Waals surface area contributed by atoms with Gasteiger partial charge in [-0.15, -0.1) is 0 Å². The fourth-order valence-corrected chi connectivity index (χ4v) is 5.19. The van der Waals surface area contributed by atoms with Gasteiger partial charge in [-0.2, -0.15) is 4.31 Å². The largest absolute Gasteiger partial charge is 0.323 e. The second-order valence-electron chi connectivity index (χ2n) is 5.32. The van der Waals surface area contributed by atoms with E-state index < -0.39 is 21.6 Å². The summed E-state index contributed by atoms with van der Waals surface area (Å²) in [7, 11) is -3.63. The van der Waals surface area contributed by atoms with Crippen molar-refractivity contribution in [2.24, 2.45) is 0 Å². The number of carbonyl (C=O) groups is 2. The molecule has 1 spiro atoms. The first-order valence-corrected chi connectivity index (χ1v) is 8.97. The second-order valence-corrected chi connectivity index (χ2v) is 8.09. The first-order valence-electron chi connectivity index (χ1n) is 6.73. The summed E-state index contributed by atoms with van der Waals surface area (Å²) in [5.74, 6) is -0.379. The highest BCUT2D eigenvalue weighted by atomic mass is 79.9. The van der Waals surface area contributed by atoms with E-state index in [9.17, 15) is 18.0 Å². The Morgan fingerprint density at radius 1 is 1.14 bits per heavy atom. The van der Waals surface area contributed by atoms with Crippen LogP contribution >= 0.6 is 15.9 Å². The molecule has 1 aromatic carbocycles. The predicted octanol–water partition coefficient (Wildman–Crippen LogP) is 0.812. The van der Waals surface area contributed by atoms with Crippen LogP contribution in [-0.4, -0.2) is 43.3 Å². The van der Waals surface area contributed by atoms with Crippen LogP contribution in [0.1, 0.15) is 12.8 Å². The number of urea groups is 1. The normalized spacial score (nSPS) is 21.7. The molecule has 22 heavy (non-hydrogen) atoms. The third-order valence-corrected chi connectivity index (χ3v) is 6.96. The average Bonchev–Trinajstić information content (AvgIpc) is 2.73. The summed E-state index contributed by atoms with van der Waals surface area (Å²) in [5, 5.41) is 4.82. The molecule has 0 aromatic heterocycles. The Morgan fingerprint density at radius 2 is 1.77 bits per heavy atom. The Labute approximate surface area is 136 Å². The highest BCUT2D eigenvalue weighted by Crippen LogP contribution is 2.31. The Balaban J connectivity index is 1.81. The zero-order valence-electron chi connectivity index (χ0n) is 11.5. The fraction of sp³-hybridized carbons (Fsp3) is 0.385. The molecule has 0 unspecified atom stereocenters. The molecule has 1 aromatic rings. The quantitative estimate of drug-likeness (QED) is 0.734. The zero-order valence-corrected chi connectivity index (χ0v) is 13.9. The van der Waals surface area contributed by atoms with E-state index in [1.54, 1.807) is 18.2 Å². The van der Waals surface area contributed by atoms with Gasteiger partial charge in [0.1, 0.15) is 5.54 Å². The number of nitrogens with one attached hydrogen (secondary N) is 2. The van der Waals surface area contributed by atoms with Gasteiger partial charge in [-0.1, -0.05) is 12.1 Å². The molecule has 3 amide bonds. The van der Waals surface area contributed by atoms with Crippen molar-refractivity contribution >= 4 is 37.9 Å². The number of imide groups is 1. The standard InChI is InChI=1S/C13H14BrN3O4S/c14-9-3-1-2-4-10(9)22(20,21)17-7-5-13(6-8-17)11(18)15-12(19)16-13/h1-4H,5-8H2,(H2,15,16,18,19). The first kappa shape index (κ1) is 15.4. The van der Waals surface area contributed by atoms with Crippen LogP contribution in [0.2, 0.25) is 0 Å². The molecule has 2 aliphatic rings. The van der Waals surface area contributed by atoms with Crippen molar-refractivity contribution in [1.29, 1.82) is 0 Å². The Kier molecular flexibility index (Phi) is 3.74. The molecule has 0 atom stereocenters. The summed E-state index contributed by atoms with van der Waals surface area (Å²) in [6.45, 7) is 0.356.